The Kier molecular flexibility index (Phi) is 3.07. The highest BCUT2D eigenvalue weighted by Gasteiger charge is 2.41. The number of rotatable bonds is 2. The van der Waals surface area contributed by atoms with E-state index in [9.17, 15) is 5.11 Å². The first-order chi connectivity index (χ1) is 8.76. The van der Waals surface area contributed by atoms with Crippen LogP contribution in [0.25, 0.3) is 0 Å². The van der Waals surface area contributed by atoms with E-state index < -0.39 is 0 Å². The van der Waals surface area contributed by atoms with Gasteiger partial charge in [-0.1, -0.05) is 12.1 Å². The van der Waals surface area contributed by atoms with E-state index in [0.29, 0.717) is 17.4 Å². The van der Waals surface area contributed by atoms with Crippen molar-refractivity contribution in [1.29, 1.82) is 5.26 Å². The highest BCUT2D eigenvalue weighted by Crippen LogP contribution is 2.38. The molecule has 3 heteroatoms. The molecule has 0 bridgehead atoms. The Bertz CT molecular complexity index is 462. The van der Waals surface area contributed by atoms with E-state index in [1.54, 1.807) is 0 Å². The number of aliphatic hydroxyl groups excluding tert-OH is 1. The van der Waals surface area contributed by atoms with Gasteiger partial charge in [0.15, 0.2) is 0 Å². The minimum atomic E-state index is -0.0824. The Labute approximate surface area is 108 Å². The molecule has 3 nitrogen and oxygen atoms in total. The Morgan fingerprint density at radius 3 is 2.67 bits per heavy atom. The third kappa shape index (κ3) is 2.14. The lowest BCUT2D eigenvalue weighted by Gasteiger charge is -2.18. The Hall–Kier alpha value is -1.37. The Morgan fingerprint density at radius 1 is 1.22 bits per heavy atom. The number of likely N-dealkylation sites (tertiary alicyclic amines) is 1. The van der Waals surface area contributed by atoms with Crippen LogP contribution in [0.1, 0.15) is 24.0 Å². The molecular formula is C15H18N2O. The predicted molar refractivity (Wildman–Crippen MR) is 68.7 cm³/mol. The van der Waals surface area contributed by atoms with Gasteiger partial charge in [-0.2, -0.15) is 5.26 Å². The van der Waals surface area contributed by atoms with Gasteiger partial charge in [-0.05, 0) is 36.5 Å². The summed E-state index contributed by atoms with van der Waals surface area (Å²) in [5.74, 6) is 1.18. The van der Waals surface area contributed by atoms with E-state index in [-0.39, 0.29) is 6.10 Å². The smallest absolute Gasteiger partial charge is 0.0991 e. The van der Waals surface area contributed by atoms with Crippen LogP contribution in [0.4, 0.5) is 0 Å². The molecule has 2 aliphatic rings. The van der Waals surface area contributed by atoms with Crippen molar-refractivity contribution < 1.29 is 5.11 Å². The highest BCUT2D eigenvalue weighted by atomic mass is 16.3. The molecule has 1 heterocycles. The first-order valence-electron chi connectivity index (χ1n) is 6.66. The van der Waals surface area contributed by atoms with Crippen molar-refractivity contribution in [3.8, 4) is 6.07 Å². The van der Waals surface area contributed by atoms with E-state index in [1.807, 2.05) is 24.3 Å². The van der Waals surface area contributed by atoms with Crippen molar-refractivity contribution >= 4 is 0 Å². The third-order valence-corrected chi connectivity index (χ3v) is 4.38. The van der Waals surface area contributed by atoms with Gasteiger partial charge in [-0.3, -0.25) is 4.90 Å². The summed E-state index contributed by atoms with van der Waals surface area (Å²) < 4.78 is 0. The van der Waals surface area contributed by atoms with Crippen LogP contribution < -0.4 is 0 Å². The molecule has 1 N–H and O–H groups in total. The van der Waals surface area contributed by atoms with Crippen LogP contribution in [0.15, 0.2) is 24.3 Å². The number of nitriles is 1. The van der Waals surface area contributed by atoms with Crippen molar-refractivity contribution in [3.05, 3.63) is 35.4 Å². The summed E-state index contributed by atoms with van der Waals surface area (Å²) in [7, 11) is 0. The van der Waals surface area contributed by atoms with E-state index in [1.165, 1.54) is 12.0 Å². The highest BCUT2D eigenvalue weighted by molar-refractivity contribution is 5.31. The number of fused-ring (bicyclic) bond motifs is 1. The standard InChI is InChI=1S/C15H18N2O/c16-7-11-1-3-12(4-2-11)8-17-9-13-5-6-15(18)14(13)10-17/h1-4,13-15,18H,5-6,8-10H2. The van der Waals surface area contributed by atoms with Gasteiger partial charge >= 0.3 is 0 Å². The van der Waals surface area contributed by atoms with Crippen LogP contribution in [-0.4, -0.2) is 29.2 Å². The summed E-state index contributed by atoms with van der Waals surface area (Å²) in [5.41, 5.74) is 1.97. The fourth-order valence-electron chi connectivity index (χ4n) is 3.40. The molecule has 1 aromatic rings. The third-order valence-electron chi connectivity index (χ3n) is 4.38. The van der Waals surface area contributed by atoms with Crippen LogP contribution in [0.3, 0.4) is 0 Å². The maximum Gasteiger partial charge on any atom is 0.0991 e. The van der Waals surface area contributed by atoms with Crippen LogP contribution in [0.2, 0.25) is 0 Å². The lowest BCUT2D eigenvalue weighted by Crippen LogP contribution is -2.24. The second kappa shape index (κ2) is 4.72. The normalized spacial score (nSPS) is 31.2. The van der Waals surface area contributed by atoms with Gasteiger partial charge in [0.2, 0.25) is 0 Å². The molecule has 1 saturated carbocycles. The van der Waals surface area contributed by atoms with Gasteiger partial charge < -0.3 is 5.11 Å². The summed E-state index contributed by atoms with van der Waals surface area (Å²) in [5, 5.41) is 18.7. The van der Waals surface area contributed by atoms with Crippen molar-refractivity contribution in [2.45, 2.75) is 25.5 Å². The molecular weight excluding hydrogens is 224 g/mol. The lowest BCUT2D eigenvalue weighted by atomic mass is 10.00. The van der Waals surface area contributed by atoms with Gasteiger partial charge in [0.1, 0.15) is 0 Å². The Balaban J connectivity index is 1.62. The number of hydrogen-bond donors (Lipinski definition) is 1. The van der Waals surface area contributed by atoms with Crippen LogP contribution in [-0.2, 0) is 6.54 Å². The number of aliphatic hydroxyl groups is 1. The Morgan fingerprint density at radius 2 is 2.00 bits per heavy atom. The second-order valence-corrected chi connectivity index (χ2v) is 5.57. The first kappa shape index (κ1) is 11.7. The molecule has 1 saturated heterocycles. The van der Waals surface area contributed by atoms with Crippen molar-refractivity contribution in [1.82, 2.24) is 4.90 Å². The molecule has 3 rings (SSSR count). The van der Waals surface area contributed by atoms with E-state index in [4.69, 9.17) is 5.26 Å². The van der Waals surface area contributed by atoms with Crippen LogP contribution in [0.5, 0.6) is 0 Å². The average molecular weight is 242 g/mol. The summed E-state index contributed by atoms with van der Waals surface area (Å²) in [6.07, 6.45) is 2.08. The van der Waals surface area contributed by atoms with Gasteiger partial charge in [-0.25, -0.2) is 0 Å². The summed E-state index contributed by atoms with van der Waals surface area (Å²) in [6, 6.07) is 9.95. The summed E-state index contributed by atoms with van der Waals surface area (Å²) in [6.45, 7) is 3.07. The molecule has 1 aliphatic heterocycles. The minimum absolute atomic E-state index is 0.0824. The molecule has 18 heavy (non-hydrogen) atoms. The van der Waals surface area contributed by atoms with E-state index >= 15 is 0 Å². The van der Waals surface area contributed by atoms with Crippen LogP contribution in [0, 0.1) is 23.2 Å². The average Bonchev–Trinajstić information content (AvgIpc) is 2.93. The molecule has 3 atom stereocenters. The van der Waals surface area contributed by atoms with Crippen molar-refractivity contribution in [2.24, 2.45) is 11.8 Å². The SMILES string of the molecule is N#Cc1ccc(CN2CC3CCC(O)C3C2)cc1. The summed E-state index contributed by atoms with van der Waals surface area (Å²) >= 11 is 0. The molecule has 0 spiro atoms. The number of benzene rings is 1. The zero-order chi connectivity index (χ0) is 12.5. The molecule has 0 radical (unpaired) electrons. The maximum absolute atomic E-state index is 9.89. The fourth-order valence-corrected chi connectivity index (χ4v) is 3.40. The zero-order valence-electron chi connectivity index (χ0n) is 10.4. The number of nitrogens with zero attached hydrogens (tertiary/aromatic N) is 2. The van der Waals surface area contributed by atoms with Gasteiger partial charge in [0, 0.05) is 25.6 Å². The predicted octanol–water partition coefficient (Wildman–Crippen LogP) is 1.76. The van der Waals surface area contributed by atoms with Crippen molar-refractivity contribution in [2.75, 3.05) is 13.1 Å². The van der Waals surface area contributed by atoms with Gasteiger partial charge in [0.25, 0.3) is 0 Å². The van der Waals surface area contributed by atoms with Crippen LogP contribution >= 0.6 is 0 Å². The topological polar surface area (TPSA) is 47.3 Å². The summed E-state index contributed by atoms with van der Waals surface area (Å²) in [4.78, 5) is 2.43. The van der Waals surface area contributed by atoms with E-state index in [0.717, 1.165) is 26.1 Å². The van der Waals surface area contributed by atoms with E-state index in [2.05, 4.69) is 11.0 Å². The molecule has 0 aromatic heterocycles. The second-order valence-electron chi connectivity index (χ2n) is 5.57. The minimum Gasteiger partial charge on any atom is -0.393 e. The quantitative estimate of drug-likeness (QED) is 0.859. The maximum atomic E-state index is 9.89. The fraction of sp³-hybridized carbons (Fsp3) is 0.533. The van der Waals surface area contributed by atoms with Gasteiger partial charge in [-0.15, -0.1) is 0 Å². The zero-order valence-corrected chi connectivity index (χ0v) is 10.4. The molecule has 0 amide bonds. The molecule has 1 aliphatic carbocycles. The molecule has 3 unspecified atom stereocenters. The first-order valence-corrected chi connectivity index (χ1v) is 6.66. The van der Waals surface area contributed by atoms with Gasteiger partial charge in [0.05, 0.1) is 17.7 Å². The largest absolute Gasteiger partial charge is 0.393 e. The monoisotopic (exact) mass is 242 g/mol. The lowest BCUT2D eigenvalue weighted by molar-refractivity contribution is 0.123. The molecule has 1 aromatic carbocycles. The molecule has 94 valence electrons. The molecule has 2 fully saturated rings. The van der Waals surface area contributed by atoms with Crippen molar-refractivity contribution in [3.63, 3.8) is 0 Å². The number of hydrogen-bond acceptors (Lipinski definition) is 3.